The van der Waals surface area contributed by atoms with Gasteiger partial charge < -0.3 is 27.5 Å². The molecule has 0 aliphatic carbocycles. The second-order valence-corrected chi connectivity index (χ2v) is 5.81. The number of aromatic nitrogens is 1. The Kier molecular flexibility index (Phi) is 8.89. The molecule has 1 atom stereocenters. The Balaban J connectivity index is 0.000000307. The van der Waals surface area contributed by atoms with Gasteiger partial charge in [0, 0.05) is 30.1 Å². The fourth-order valence-corrected chi connectivity index (χ4v) is 2.10. The molecule has 0 bridgehead atoms. The van der Waals surface area contributed by atoms with Gasteiger partial charge in [0.15, 0.2) is 0 Å². The summed E-state index contributed by atoms with van der Waals surface area (Å²) >= 11 is 0. The highest BCUT2D eigenvalue weighted by Gasteiger charge is 2.26. The lowest BCUT2D eigenvalue weighted by atomic mass is 10.1. The summed E-state index contributed by atoms with van der Waals surface area (Å²) < 4.78 is 35.6. The summed E-state index contributed by atoms with van der Waals surface area (Å²) in [7, 11) is 0. The second-order valence-electron chi connectivity index (χ2n) is 5.81. The van der Waals surface area contributed by atoms with Crippen LogP contribution in [0.4, 0.5) is 24.7 Å². The number of hydrogen-bond acceptors (Lipinski definition) is 6. The van der Waals surface area contributed by atoms with Gasteiger partial charge in [0.25, 0.3) is 0 Å². The average molecular weight is 396 g/mol. The number of amides is 1. The maximum Gasteiger partial charge on any atom is 0.401 e. The predicted molar refractivity (Wildman–Crippen MR) is 103 cm³/mol. The molecule has 0 spiro atoms. The zero-order valence-corrected chi connectivity index (χ0v) is 15.3. The van der Waals surface area contributed by atoms with Crippen molar-refractivity contribution in [2.24, 2.45) is 0 Å². The number of carbonyl (C=O) groups is 1. The second kappa shape index (κ2) is 10.9. The average Bonchev–Trinajstić information content (AvgIpc) is 2.62. The summed E-state index contributed by atoms with van der Waals surface area (Å²) in [6, 6.07) is 11.3. The molecule has 0 aliphatic heterocycles. The van der Waals surface area contributed by atoms with Gasteiger partial charge in [-0.1, -0.05) is 30.3 Å². The molecule has 0 saturated carbocycles. The van der Waals surface area contributed by atoms with Gasteiger partial charge in [-0.15, -0.1) is 0 Å². The molecule has 0 radical (unpaired) electrons. The summed E-state index contributed by atoms with van der Waals surface area (Å²) in [4.78, 5) is 13.8. The molecule has 2 aromatic rings. The van der Waals surface area contributed by atoms with Crippen LogP contribution < -0.4 is 22.1 Å². The standard InChI is InChI=1S/C9H12F3N5.C9H11NO/c10-9(11,12)4-16-3-7(14)5-2-17-8(15)1-6(5)13;1-8(10-7-11)9-5-3-2-4-6-9/h1-2,14,16H,3-4H2,(H4,13,15,17);2-8H,1H3,(H,10,11). The molecule has 1 aromatic carbocycles. The zero-order chi connectivity index (χ0) is 21.2. The molecular formula is C18H23F3N6O. The fourth-order valence-electron chi connectivity index (χ4n) is 2.10. The van der Waals surface area contributed by atoms with E-state index >= 15 is 0 Å². The van der Waals surface area contributed by atoms with Crippen LogP contribution >= 0.6 is 0 Å². The molecule has 0 fully saturated rings. The van der Waals surface area contributed by atoms with Crippen LogP contribution in [0.3, 0.4) is 0 Å². The van der Waals surface area contributed by atoms with Crippen LogP contribution in [0.2, 0.25) is 0 Å². The van der Waals surface area contributed by atoms with Crippen molar-refractivity contribution < 1.29 is 18.0 Å². The Morgan fingerprint density at radius 3 is 2.46 bits per heavy atom. The normalized spacial score (nSPS) is 11.7. The van der Waals surface area contributed by atoms with Crippen molar-refractivity contribution in [3.8, 4) is 0 Å². The van der Waals surface area contributed by atoms with E-state index in [1.807, 2.05) is 37.3 Å². The van der Waals surface area contributed by atoms with E-state index in [1.54, 1.807) is 0 Å². The van der Waals surface area contributed by atoms with Crippen molar-refractivity contribution >= 4 is 23.6 Å². The largest absolute Gasteiger partial charge is 0.401 e. The smallest absolute Gasteiger partial charge is 0.398 e. The van der Waals surface area contributed by atoms with Crippen LogP contribution in [0.1, 0.15) is 24.1 Å². The lowest BCUT2D eigenvalue weighted by Gasteiger charge is -2.10. The van der Waals surface area contributed by atoms with Gasteiger partial charge in [0.05, 0.1) is 18.3 Å². The fraction of sp³-hybridized carbons (Fsp3) is 0.278. The summed E-state index contributed by atoms with van der Waals surface area (Å²) in [6.45, 7) is 0.552. The van der Waals surface area contributed by atoms with Crippen molar-refractivity contribution in [3.05, 3.63) is 53.7 Å². The van der Waals surface area contributed by atoms with Gasteiger partial charge in [-0.2, -0.15) is 13.2 Å². The van der Waals surface area contributed by atoms with Crippen LogP contribution in [-0.4, -0.2) is 36.4 Å². The van der Waals surface area contributed by atoms with Crippen LogP contribution in [0.15, 0.2) is 42.6 Å². The highest BCUT2D eigenvalue weighted by atomic mass is 19.4. The number of nitrogens with two attached hydrogens (primary N) is 2. The van der Waals surface area contributed by atoms with Crippen molar-refractivity contribution in [1.82, 2.24) is 15.6 Å². The van der Waals surface area contributed by atoms with E-state index in [-0.39, 0.29) is 35.4 Å². The van der Waals surface area contributed by atoms with Gasteiger partial charge in [0.1, 0.15) is 5.82 Å². The van der Waals surface area contributed by atoms with E-state index in [4.69, 9.17) is 16.9 Å². The van der Waals surface area contributed by atoms with Crippen molar-refractivity contribution in [2.45, 2.75) is 19.1 Å². The Morgan fingerprint density at radius 2 is 1.93 bits per heavy atom. The van der Waals surface area contributed by atoms with Crippen LogP contribution in [0.5, 0.6) is 0 Å². The number of nitrogen functional groups attached to an aromatic ring is 2. The quantitative estimate of drug-likeness (QED) is 0.362. The minimum atomic E-state index is -4.30. The molecule has 1 heterocycles. The summed E-state index contributed by atoms with van der Waals surface area (Å²) in [5.41, 5.74) is 12.5. The Labute approximate surface area is 160 Å². The number of benzene rings is 1. The number of nitrogens with one attached hydrogen (secondary N) is 3. The number of alkyl halides is 3. The van der Waals surface area contributed by atoms with E-state index in [1.165, 1.54) is 12.3 Å². The van der Waals surface area contributed by atoms with Crippen LogP contribution in [-0.2, 0) is 4.79 Å². The first-order valence-electron chi connectivity index (χ1n) is 8.25. The molecule has 0 saturated heterocycles. The number of pyridine rings is 1. The van der Waals surface area contributed by atoms with Gasteiger partial charge in [-0.05, 0) is 12.5 Å². The summed E-state index contributed by atoms with van der Waals surface area (Å²) in [6.07, 6.45) is -2.31. The minimum Gasteiger partial charge on any atom is -0.398 e. The van der Waals surface area contributed by atoms with Crippen molar-refractivity contribution in [2.75, 3.05) is 24.6 Å². The molecule has 10 heteroatoms. The Morgan fingerprint density at radius 1 is 1.29 bits per heavy atom. The third-order valence-corrected chi connectivity index (χ3v) is 3.53. The first-order chi connectivity index (χ1) is 13.1. The minimum absolute atomic E-state index is 0.0701. The topological polar surface area (TPSA) is 130 Å². The monoisotopic (exact) mass is 396 g/mol. The molecule has 1 unspecified atom stereocenters. The maximum atomic E-state index is 11.9. The molecule has 0 aliphatic rings. The molecule has 7 N–H and O–H groups in total. The lowest BCUT2D eigenvalue weighted by Crippen LogP contribution is -2.33. The molecule has 2 rings (SSSR count). The van der Waals surface area contributed by atoms with Gasteiger partial charge >= 0.3 is 6.18 Å². The number of nitrogens with zero attached hydrogens (tertiary/aromatic N) is 1. The SMILES string of the molecule is CC(NC=O)c1ccccc1.N=C(CNCC(F)(F)F)c1cnc(N)cc1N. The third-order valence-electron chi connectivity index (χ3n) is 3.53. The van der Waals surface area contributed by atoms with Crippen molar-refractivity contribution in [3.63, 3.8) is 0 Å². The molecule has 28 heavy (non-hydrogen) atoms. The van der Waals surface area contributed by atoms with Gasteiger partial charge in [0.2, 0.25) is 6.41 Å². The number of halogens is 3. The number of anilines is 2. The highest BCUT2D eigenvalue weighted by Crippen LogP contribution is 2.14. The number of hydrogen-bond donors (Lipinski definition) is 5. The van der Waals surface area contributed by atoms with Crippen LogP contribution in [0, 0.1) is 5.41 Å². The zero-order valence-electron chi connectivity index (χ0n) is 15.3. The summed E-state index contributed by atoms with van der Waals surface area (Å²) in [5.74, 6) is 0.197. The van der Waals surface area contributed by atoms with E-state index in [0.717, 1.165) is 12.0 Å². The first-order valence-corrected chi connectivity index (χ1v) is 8.25. The van der Waals surface area contributed by atoms with E-state index in [2.05, 4.69) is 15.6 Å². The number of carbonyl (C=O) groups excluding carboxylic acids is 1. The Bertz CT molecular complexity index is 768. The third kappa shape index (κ3) is 8.49. The first kappa shape index (κ1) is 22.9. The lowest BCUT2D eigenvalue weighted by molar-refractivity contribution is -0.124. The predicted octanol–water partition coefficient (Wildman–Crippen LogP) is 2.26. The molecule has 7 nitrogen and oxygen atoms in total. The molecule has 1 amide bonds. The molecule has 1 aromatic heterocycles. The van der Waals surface area contributed by atoms with E-state index in [0.29, 0.717) is 0 Å². The maximum absolute atomic E-state index is 11.9. The van der Waals surface area contributed by atoms with E-state index in [9.17, 15) is 18.0 Å². The van der Waals surface area contributed by atoms with E-state index < -0.39 is 12.7 Å². The molecule has 152 valence electrons. The van der Waals surface area contributed by atoms with Gasteiger partial charge in [-0.3, -0.25) is 4.79 Å². The summed E-state index contributed by atoms with van der Waals surface area (Å²) in [5, 5.41) is 12.3. The highest BCUT2D eigenvalue weighted by molar-refractivity contribution is 6.03. The van der Waals surface area contributed by atoms with Gasteiger partial charge in [-0.25, -0.2) is 4.98 Å². The number of rotatable bonds is 7. The van der Waals surface area contributed by atoms with Crippen LogP contribution in [0.25, 0.3) is 0 Å². The Hall–Kier alpha value is -3.14. The molecular weight excluding hydrogens is 373 g/mol. The van der Waals surface area contributed by atoms with Crippen molar-refractivity contribution in [1.29, 1.82) is 5.41 Å².